The third kappa shape index (κ3) is 3.11. The summed E-state index contributed by atoms with van der Waals surface area (Å²) in [5.74, 6) is -0.114. The summed E-state index contributed by atoms with van der Waals surface area (Å²) in [6, 6.07) is 4.63. The van der Waals surface area contributed by atoms with Crippen LogP contribution in [-0.2, 0) is 9.84 Å². The van der Waals surface area contributed by atoms with Crippen molar-refractivity contribution in [2.45, 2.75) is 6.04 Å². The van der Waals surface area contributed by atoms with Crippen LogP contribution in [0.5, 0.6) is 0 Å². The average molecular weight is 295 g/mol. The first-order valence-electron chi connectivity index (χ1n) is 6.07. The molecule has 1 atom stereocenters. The van der Waals surface area contributed by atoms with Crippen molar-refractivity contribution in [3.8, 4) is 0 Å². The number of carbonyl (C=O) groups is 1. The first-order chi connectivity index (χ1) is 9.28. The maximum Gasteiger partial charge on any atom is 0.253 e. The van der Waals surface area contributed by atoms with Gasteiger partial charge in [0, 0.05) is 25.1 Å². The van der Waals surface area contributed by atoms with Gasteiger partial charge in [0.2, 0.25) is 0 Å². The van der Waals surface area contributed by atoms with Gasteiger partial charge in [-0.2, -0.15) is 0 Å². The summed E-state index contributed by atoms with van der Waals surface area (Å²) in [4.78, 5) is 13.3. The van der Waals surface area contributed by atoms with Crippen LogP contribution in [0.3, 0.4) is 0 Å². The number of nitrogens with two attached hydrogens (primary N) is 1. The lowest BCUT2D eigenvalue weighted by molar-refractivity contribution is 0.0827. The number of nitrogen functional groups attached to an aromatic ring is 1. The van der Waals surface area contributed by atoms with Gasteiger partial charge in [-0.3, -0.25) is 4.79 Å². The SMILES string of the molecule is CN(C)C(=O)c1ccc(NC2C=CS(=O)(=O)C2)c(N)c1. The molecule has 0 spiro atoms. The van der Waals surface area contributed by atoms with Crippen LogP contribution in [0.25, 0.3) is 0 Å². The fourth-order valence-corrected chi connectivity index (χ4v) is 3.19. The predicted molar refractivity (Wildman–Crippen MR) is 79.2 cm³/mol. The summed E-state index contributed by atoms with van der Waals surface area (Å²) in [6.07, 6.45) is 1.59. The highest BCUT2D eigenvalue weighted by Crippen LogP contribution is 2.23. The zero-order valence-corrected chi connectivity index (χ0v) is 12.1. The minimum absolute atomic E-state index is 0.0187. The lowest BCUT2D eigenvalue weighted by Gasteiger charge is -2.16. The molecule has 1 amide bonds. The fourth-order valence-electron chi connectivity index (χ4n) is 1.95. The van der Waals surface area contributed by atoms with E-state index in [9.17, 15) is 13.2 Å². The van der Waals surface area contributed by atoms with E-state index in [0.717, 1.165) is 0 Å². The molecule has 0 bridgehead atoms. The maximum atomic E-state index is 11.8. The van der Waals surface area contributed by atoms with Gasteiger partial charge < -0.3 is 16.0 Å². The van der Waals surface area contributed by atoms with Crippen LogP contribution in [0, 0.1) is 0 Å². The van der Waals surface area contributed by atoms with Crippen molar-refractivity contribution >= 4 is 27.1 Å². The second kappa shape index (κ2) is 5.16. The largest absolute Gasteiger partial charge is 0.397 e. The van der Waals surface area contributed by atoms with Crippen LogP contribution in [0.1, 0.15) is 10.4 Å². The highest BCUT2D eigenvalue weighted by molar-refractivity contribution is 7.94. The van der Waals surface area contributed by atoms with Crippen molar-refractivity contribution in [1.29, 1.82) is 0 Å². The lowest BCUT2D eigenvalue weighted by atomic mass is 10.1. The van der Waals surface area contributed by atoms with Crippen LogP contribution in [0.2, 0.25) is 0 Å². The minimum Gasteiger partial charge on any atom is -0.397 e. The molecule has 1 unspecified atom stereocenters. The highest BCUT2D eigenvalue weighted by Gasteiger charge is 2.22. The van der Waals surface area contributed by atoms with Gasteiger partial charge in [0.05, 0.1) is 23.2 Å². The summed E-state index contributed by atoms with van der Waals surface area (Å²) in [5, 5.41) is 4.24. The van der Waals surface area contributed by atoms with Crippen molar-refractivity contribution < 1.29 is 13.2 Å². The molecule has 108 valence electrons. The van der Waals surface area contributed by atoms with Gasteiger partial charge in [0.15, 0.2) is 9.84 Å². The number of benzene rings is 1. The Balaban J connectivity index is 2.15. The maximum absolute atomic E-state index is 11.8. The zero-order chi connectivity index (χ0) is 14.9. The lowest BCUT2D eigenvalue weighted by Crippen LogP contribution is -2.23. The van der Waals surface area contributed by atoms with Gasteiger partial charge in [-0.1, -0.05) is 6.08 Å². The second-order valence-corrected chi connectivity index (χ2v) is 6.84. The normalized spacial score (nSPS) is 19.8. The van der Waals surface area contributed by atoms with Crippen molar-refractivity contribution in [2.24, 2.45) is 0 Å². The van der Waals surface area contributed by atoms with Crippen molar-refractivity contribution in [2.75, 3.05) is 30.9 Å². The van der Waals surface area contributed by atoms with E-state index < -0.39 is 9.84 Å². The van der Waals surface area contributed by atoms with E-state index in [4.69, 9.17) is 5.73 Å². The molecule has 0 fully saturated rings. The Morgan fingerprint density at radius 2 is 2.10 bits per heavy atom. The van der Waals surface area contributed by atoms with E-state index in [1.165, 1.54) is 10.3 Å². The van der Waals surface area contributed by atoms with Gasteiger partial charge in [-0.05, 0) is 18.2 Å². The number of anilines is 2. The molecule has 0 saturated heterocycles. The number of sulfone groups is 1. The van der Waals surface area contributed by atoms with Crippen molar-refractivity contribution in [3.05, 3.63) is 35.2 Å². The molecule has 2 rings (SSSR count). The number of hydrogen-bond donors (Lipinski definition) is 2. The Bertz CT molecular complexity index is 665. The molecule has 1 aliphatic heterocycles. The van der Waals surface area contributed by atoms with Crippen LogP contribution in [0.15, 0.2) is 29.7 Å². The van der Waals surface area contributed by atoms with Gasteiger partial charge in [-0.15, -0.1) is 0 Å². The molecule has 1 heterocycles. The Morgan fingerprint density at radius 1 is 1.40 bits per heavy atom. The predicted octanol–water partition coefficient (Wildman–Crippen LogP) is 0.693. The molecular weight excluding hydrogens is 278 g/mol. The molecule has 0 radical (unpaired) electrons. The topological polar surface area (TPSA) is 92.5 Å². The molecule has 20 heavy (non-hydrogen) atoms. The third-order valence-corrected chi connectivity index (χ3v) is 4.37. The van der Waals surface area contributed by atoms with Gasteiger partial charge in [0.25, 0.3) is 5.91 Å². The Kier molecular flexibility index (Phi) is 3.71. The Hall–Kier alpha value is -2.02. The standard InChI is InChI=1S/C13H17N3O3S/c1-16(2)13(17)9-3-4-12(11(14)7-9)15-10-5-6-20(18,19)8-10/h3-7,10,15H,8,14H2,1-2H3. The Morgan fingerprint density at radius 3 is 2.60 bits per heavy atom. The number of nitrogens with one attached hydrogen (secondary N) is 1. The Labute approximate surface area is 118 Å². The molecule has 0 aliphatic carbocycles. The first kappa shape index (κ1) is 14.4. The minimum atomic E-state index is -3.11. The molecule has 1 aliphatic rings. The number of carbonyl (C=O) groups excluding carboxylic acids is 1. The van der Waals surface area contributed by atoms with E-state index in [0.29, 0.717) is 16.9 Å². The van der Waals surface area contributed by atoms with E-state index in [1.54, 1.807) is 38.4 Å². The van der Waals surface area contributed by atoms with Crippen LogP contribution < -0.4 is 11.1 Å². The quantitative estimate of drug-likeness (QED) is 0.801. The van der Waals surface area contributed by atoms with Crippen molar-refractivity contribution in [3.63, 3.8) is 0 Å². The summed E-state index contributed by atoms with van der Waals surface area (Å²) < 4.78 is 22.7. The highest BCUT2D eigenvalue weighted by atomic mass is 32.2. The van der Waals surface area contributed by atoms with E-state index in [1.807, 2.05) is 0 Å². The van der Waals surface area contributed by atoms with Crippen molar-refractivity contribution in [1.82, 2.24) is 4.90 Å². The average Bonchev–Trinajstić information content (AvgIpc) is 2.70. The van der Waals surface area contributed by atoms with E-state index in [-0.39, 0.29) is 17.7 Å². The van der Waals surface area contributed by atoms with Crippen LogP contribution in [0.4, 0.5) is 11.4 Å². The number of nitrogens with zero attached hydrogens (tertiary/aromatic N) is 1. The van der Waals surface area contributed by atoms with Gasteiger partial charge >= 0.3 is 0 Å². The molecule has 3 N–H and O–H groups in total. The molecule has 1 aromatic rings. The van der Waals surface area contributed by atoms with Gasteiger partial charge in [-0.25, -0.2) is 8.42 Å². The van der Waals surface area contributed by atoms with Gasteiger partial charge in [0.1, 0.15) is 0 Å². The number of amides is 1. The monoisotopic (exact) mass is 295 g/mol. The molecule has 6 nitrogen and oxygen atoms in total. The first-order valence-corrected chi connectivity index (χ1v) is 7.79. The van der Waals surface area contributed by atoms with E-state index in [2.05, 4.69) is 5.32 Å². The zero-order valence-electron chi connectivity index (χ0n) is 11.3. The molecule has 7 heteroatoms. The third-order valence-electron chi connectivity index (χ3n) is 2.98. The fraction of sp³-hybridized carbons (Fsp3) is 0.308. The van der Waals surface area contributed by atoms with E-state index >= 15 is 0 Å². The summed E-state index contributed by atoms with van der Waals surface area (Å²) in [7, 11) is 0.225. The summed E-state index contributed by atoms with van der Waals surface area (Å²) in [5.41, 5.74) is 7.42. The number of rotatable bonds is 3. The summed E-state index contributed by atoms with van der Waals surface area (Å²) >= 11 is 0. The second-order valence-electron chi connectivity index (χ2n) is 4.91. The molecule has 1 aromatic carbocycles. The molecule has 0 saturated carbocycles. The molecule has 0 aromatic heterocycles. The van der Waals surface area contributed by atoms with Crippen LogP contribution >= 0.6 is 0 Å². The van der Waals surface area contributed by atoms with Crippen LogP contribution in [-0.4, -0.2) is 45.1 Å². The smallest absolute Gasteiger partial charge is 0.253 e. The summed E-state index contributed by atoms with van der Waals surface area (Å²) in [6.45, 7) is 0. The molecular formula is C13H17N3O3S. The number of hydrogen-bond acceptors (Lipinski definition) is 5.